The van der Waals surface area contributed by atoms with E-state index in [4.69, 9.17) is 5.73 Å². The molecule has 0 saturated carbocycles. The minimum Gasteiger partial charge on any atom is -0.330 e. The first-order valence-corrected chi connectivity index (χ1v) is 6.00. The van der Waals surface area contributed by atoms with Gasteiger partial charge in [0, 0.05) is 12.0 Å². The van der Waals surface area contributed by atoms with E-state index in [9.17, 15) is 0 Å². The molecule has 0 saturated heterocycles. The van der Waals surface area contributed by atoms with Gasteiger partial charge in [0.15, 0.2) is 0 Å². The fourth-order valence-corrected chi connectivity index (χ4v) is 1.89. The molecule has 1 nitrogen and oxygen atoms in total. The van der Waals surface area contributed by atoms with Crippen LogP contribution in [0.25, 0.3) is 10.8 Å². The largest absolute Gasteiger partial charge is 0.330 e. The van der Waals surface area contributed by atoms with Crippen molar-refractivity contribution in [2.75, 3.05) is 6.54 Å². The van der Waals surface area contributed by atoms with Crippen LogP contribution in [0.2, 0.25) is 0 Å². The molecule has 1 heteroatoms. The first kappa shape index (κ1) is 11.7. The van der Waals surface area contributed by atoms with Crippen molar-refractivity contribution in [2.24, 2.45) is 5.73 Å². The summed E-state index contributed by atoms with van der Waals surface area (Å²) in [5.74, 6) is 6.49. The number of unbranched alkanes of at least 4 members (excludes halogenated alkanes) is 1. The van der Waals surface area contributed by atoms with Crippen LogP contribution in [0.3, 0.4) is 0 Å². The van der Waals surface area contributed by atoms with E-state index >= 15 is 0 Å². The zero-order valence-electron chi connectivity index (χ0n) is 10.2. The van der Waals surface area contributed by atoms with Crippen LogP contribution in [0.5, 0.6) is 0 Å². The highest BCUT2D eigenvalue weighted by molar-refractivity contribution is 5.89. The summed E-state index contributed by atoms with van der Waals surface area (Å²) in [4.78, 5) is 0. The number of benzene rings is 2. The van der Waals surface area contributed by atoms with Gasteiger partial charge in [0.2, 0.25) is 0 Å². The molecule has 2 rings (SSSR count). The van der Waals surface area contributed by atoms with E-state index in [1.54, 1.807) is 0 Å². The Kier molecular flexibility index (Phi) is 3.80. The molecule has 0 aliphatic carbocycles. The molecule has 17 heavy (non-hydrogen) atoms. The van der Waals surface area contributed by atoms with Crippen molar-refractivity contribution >= 4 is 10.8 Å². The average molecular weight is 223 g/mol. The molecule has 0 bridgehead atoms. The molecule has 0 fully saturated rings. The molecule has 86 valence electrons. The van der Waals surface area contributed by atoms with Crippen LogP contribution < -0.4 is 5.73 Å². The fourth-order valence-electron chi connectivity index (χ4n) is 1.89. The second-order valence-corrected chi connectivity index (χ2v) is 4.17. The van der Waals surface area contributed by atoms with Crippen LogP contribution in [0.4, 0.5) is 0 Å². The SMILES string of the molecule is Cc1ccc2ccccc2c1C#CCCCN. The third kappa shape index (κ3) is 2.67. The molecule has 0 aliphatic heterocycles. The number of rotatable bonds is 2. The van der Waals surface area contributed by atoms with Crippen LogP contribution >= 0.6 is 0 Å². The molecule has 0 amide bonds. The Labute approximate surface area is 103 Å². The lowest BCUT2D eigenvalue weighted by Crippen LogP contribution is -1.96. The summed E-state index contributed by atoms with van der Waals surface area (Å²) in [6.07, 6.45) is 1.84. The lowest BCUT2D eigenvalue weighted by Gasteiger charge is -2.04. The van der Waals surface area contributed by atoms with E-state index in [1.165, 1.54) is 16.3 Å². The summed E-state index contributed by atoms with van der Waals surface area (Å²) in [6, 6.07) is 12.7. The smallest absolute Gasteiger partial charge is 0.0352 e. The highest BCUT2D eigenvalue weighted by atomic mass is 14.5. The Morgan fingerprint density at radius 2 is 1.94 bits per heavy atom. The molecular weight excluding hydrogens is 206 g/mol. The monoisotopic (exact) mass is 223 g/mol. The van der Waals surface area contributed by atoms with Gasteiger partial charge in [-0.15, -0.1) is 0 Å². The topological polar surface area (TPSA) is 26.0 Å². The van der Waals surface area contributed by atoms with Crippen molar-refractivity contribution < 1.29 is 0 Å². The first-order valence-electron chi connectivity index (χ1n) is 6.00. The standard InChI is InChI=1S/C16H17N/c1-13-10-11-14-7-4-5-9-16(14)15(13)8-3-2-6-12-17/h4-5,7,9-11H,2,6,12,17H2,1H3. The van der Waals surface area contributed by atoms with Gasteiger partial charge in [0.1, 0.15) is 0 Å². The van der Waals surface area contributed by atoms with Gasteiger partial charge in [-0.2, -0.15) is 0 Å². The Bertz CT molecular complexity index is 573. The number of hydrogen-bond donors (Lipinski definition) is 1. The molecule has 2 aromatic rings. The second-order valence-electron chi connectivity index (χ2n) is 4.17. The summed E-state index contributed by atoms with van der Waals surface area (Å²) < 4.78 is 0. The van der Waals surface area contributed by atoms with E-state index in [0.717, 1.165) is 18.4 Å². The zero-order chi connectivity index (χ0) is 12.1. The van der Waals surface area contributed by atoms with Gasteiger partial charge in [-0.05, 0) is 36.2 Å². The number of hydrogen-bond acceptors (Lipinski definition) is 1. The van der Waals surface area contributed by atoms with Gasteiger partial charge < -0.3 is 5.73 Å². The Morgan fingerprint density at radius 1 is 1.12 bits per heavy atom. The number of fused-ring (bicyclic) bond motifs is 1. The highest BCUT2D eigenvalue weighted by Crippen LogP contribution is 2.21. The minimum absolute atomic E-state index is 0.712. The maximum atomic E-state index is 5.46. The van der Waals surface area contributed by atoms with Gasteiger partial charge in [-0.25, -0.2) is 0 Å². The Morgan fingerprint density at radius 3 is 2.76 bits per heavy atom. The molecular formula is C16H17N. The average Bonchev–Trinajstić information content (AvgIpc) is 2.37. The predicted molar refractivity (Wildman–Crippen MR) is 73.9 cm³/mol. The van der Waals surface area contributed by atoms with Gasteiger partial charge in [0.05, 0.1) is 0 Å². The maximum absolute atomic E-state index is 5.46. The van der Waals surface area contributed by atoms with Crippen molar-refractivity contribution in [3.05, 3.63) is 47.5 Å². The highest BCUT2D eigenvalue weighted by Gasteiger charge is 2.00. The second kappa shape index (κ2) is 5.52. The lowest BCUT2D eigenvalue weighted by molar-refractivity contribution is 0.870. The van der Waals surface area contributed by atoms with Crippen LogP contribution in [0, 0.1) is 18.8 Å². The van der Waals surface area contributed by atoms with Crippen LogP contribution in [-0.2, 0) is 0 Å². The van der Waals surface area contributed by atoms with Gasteiger partial charge in [-0.3, -0.25) is 0 Å². The molecule has 0 spiro atoms. The molecule has 0 unspecified atom stereocenters. The fraction of sp³-hybridized carbons (Fsp3) is 0.250. The Hall–Kier alpha value is -1.78. The third-order valence-corrected chi connectivity index (χ3v) is 2.86. The quantitative estimate of drug-likeness (QED) is 0.614. The van der Waals surface area contributed by atoms with Crippen LogP contribution in [0.15, 0.2) is 36.4 Å². The van der Waals surface area contributed by atoms with Crippen molar-refractivity contribution in [3.8, 4) is 11.8 Å². The summed E-state index contributed by atoms with van der Waals surface area (Å²) >= 11 is 0. The van der Waals surface area contributed by atoms with E-state index < -0.39 is 0 Å². The van der Waals surface area contributed by atoms with Crippen molar-refractivity contribution in [3.63, 3.8) is 0 Å². The molecule has 0 radical (unpaired) electrons. The van der Waals surface area contributed by atoms with Gasteiger partial charge in [-0.1, -0.05) is 48.2 Å². The van der Waals surface area contributed by atoms with E-state index in [2.05, 4.69) is 55.2 Å². The molecule has 0 heterocycles. The predicted octanol–water partition coefficient (Wildman–Crippen LogP) is 3.24. The van der Waals surface area contributed by atoms with Gasteiger partial charge >= 0.3 is 0 Å². The molecule has 2 N–H and O–H groups in total. The Balaban J connectivity index is 2.43. The van der Waals surface area contributed by atoms with Crippen LogP contribution in [-0.4, -0.2) is 6.54 Å². The molecule has 0 aromatic heterocycles. The molecule has 0 atom stereocenters. The van der Waals surface area contributed by atoms with E-state index in [1.807, 2.05) is 0 Å². The van der Waals surface area contributed by atoms with Crippen molar-refractivity contribution in [1.29, 1.82) is 0 Å². The molecule has 0 aliphatic rings. The van der Waals surface area contributed by atoms with E-state index in [-0.39, 0.29) is 0 Å². The van der Waals surface area contributed by atoms with Crippen LogP contribution in [0.1, 0.15) is 24.0 Å². The number of nitrogens with two attached hydrogens (primary N) is 1. The zero-order valence-corrected chi connectivity index (χ0v) is 10.2. The summed E-state index contributed by atoms with van der Waals surface area (Å²) in [5.41, 5.74) is 7.85. The van der Waals surface area contributed by atoms with Crippen molar-refractivity contribution in [1.82, 2.24) is 0 Å². The summed E-state index contributed by atoms with van der Waals surface area (Å²) in [5, 5.41) is 2.49. The maximum Gasteiger partial charge on any atom is 0.0352 e. The van der Waals surface area contributed by atoms with Gasteiger partial charge in [0.25, 0.3) is 0 Å². The lowest BCUT2D eigenvalue weighted by atomic mass is 10.00. The first-order chi connectivity index (χ1) is 8.33. The summed E-state index contributed by atoms with van der Waals surface area (Å²) in [6.45, 7) is 2.82. The van der Waals surface area contributed by atoms with E-state index in [0.29, 0.717) is 6.54 Å². The summed E-state index contributed by atoms with van der Waals surface area (Å²) in [7, 11) is 0. The minimum atomic E-state index is 0.712. The third-order valence-electron chi connectivity index (χ3n) is 2.86. The van der Waals surface area contributed by atoms with Crippen molar-refractivity contribution in [2.45, 2.75) is 19.8 Å². The number of aryl methyl sites for hydroxylation is 1. The normalized spacial score (nSPS) is 10.0. The molecule has 2 aromatic carbocycles.